The van der Waals surface area contributed by atoms with E-state index in [9.17, 15) is 14.4 Å². The minimum atomic E-state index is -1.41. The Morgan fingerprint density at radius 2 is 1.89 bits per heavy atom. The molecule has 0 spiro atoms. The number of rotatable bonds is 7. The first-order valence-corrected chi connectivity index (χ1v) is 6.37. The Bertz CT molecular complexity index is 360. The van der Waals surface area contributed by atoms with Gasteiger partial charge in [0.2, 0.25) is 0 Å². The Kier molecular flexibility index (Phi) is 5.14. The summed E-state index contributed by atoms with van der Waals surface area (Å²) in [6, 6.07) is -2.04. The molecule has 0 aromatic heterocycles. The van der Waals surface area contributed by atoms with Crippen LogP contribution in [0, 0.1) is 5.41 Å². The Balaban J connectivity index is 2.40. The number of amides is 2. The van der Waals surface area contributed by atoms with Crippen LogP contribution in [-0.2, 0) is 9.59 Å². The van der Waals surface area contributed by atoms with E-state index in [2.05, 4.69) is 17.6 Å². The highest BCUT2D eigenvalue weighted by atomic mass is 16.4. The SMILES string of the molecule is CCC1(CNC(=O)NC(CC(=O)O)C(=O)O)CCC1. The van der Waals surface area contributed by atoms with Crippen molar-refractivity contribution in [3.8, 4) is 0 Å². The highest BCUT2D eigenvalue weighted by Gasteiger charge is 2.35. The number of nitrogens with one attached hydrogen (secondary N) is 2. The van der Waals surface area contributed by atoms with Gasteiger partial charge in [0.15, 0.2) is 0 Å². The molecule has 7 nitrogen and oxygen atoms in total. The predicted octanol–water partition coefficient (Wildman–Crippen LogP) is 0.794. The maximum Gasteiger partial charge on any atom is 0.326 e. The quantitative estimate of drug-likeness (QED) is 0.547. The lowest BCUT2D eigenvalue weighted by Crippen LogP contribution is -2.50. The third-order valence-electron chi connectivity index (χ3n) is 3.77. The van der Waals surface area contributed by atoms with Crippen molar-refractivity contribution in [1.29, 1.82) is 0 Å². The molecule has 0 radical (unpaired) electrons. The van der Waals surface area contributed by atoms with Gasteiger partial charge in [-0.1, -0.05) is 13.3 Å². The van der Waals surface area contributed by atoms with Crippen LogP contribution in [0.4, 0.5) is 4.79 Å². The first kappa shape index (κ1) is 15.3. The number of carboxylic acid groups (broad SMARTS) is 2. The zero-order valence-corrected chi connectivity index (χ0v) is 10.9. The van der Waals surface area contributed by atoms with Crippen LogP contribution in [0.25, 0.3) is 0 Å². The lowest BCUT2D eigenvalue weighted by molar-refractivity contribution is -0.145. The summed E-state index contributed by atoms with van der Waals surface area (Å²) in [5.74, 6) is -2.62. The van der Waals surface area contributed by atoms with E-state index in [-0.39, 0.29) is 5.41 Å². The van der Waals surface area contributed by atoms with E-state index >= 15 is 0 Å². The van der Waals surface area contributed by atoms with Crippen LogP contribution in [-0.4, -0.2) is 40.8 Å². The second-order valence-corrected chi connectivity index (χ2v) is 5.02. The first-order chi connectivity index (χ1) is 8.88. The second kappa shape index (κ2) is 6.40. The lowest BCUT2D eigenvalue weighted by atomic mass is 9.67. The summed E-state index contributed by atoms with van der Waals surface area (Å²) in [6.07, 6.45) is 3.59. The molecule has 0 saturated heterocycles. The largest absolute Gasteiger partial charge is 0.481 e. The predicted molar refractivity (Wildman–Crippen MR) is 66.8 cm³/mol. The van der Waals surface area contributed by atoms with E-state index in [4.69, 9.17) is 10.2 Å². The van der Waals surface area contributed by atoms with Crippen molar-refractivity contribution in [2.75, 3.05) is 6.54 Å². The van der Waals surface area contributed by atoms with Crippen molar-refractivity contribution in [2.24, 2.45) is 5.41 Å². The van der Waals surface area contributed by atoms with Crippen LogP contribution in [0.3, 0.4) is 0 Å². The highest BCUT2D eigenvalue weighted by molar-refractivity contribution is 5.86. The van der Waals surface area contributed by atoms with Crippen molar-refractivity contribution < 1.29 is 24.6 Å². The normalized spacial score (nSPS) is 17.9. The molecule has 1 rings (SSSR count). The van der Waals surface area contributed by atoms with Gasteiger partial charge in [-0.2, -0.15) is 0 Å². The summed E-state index contributed by atoms with van der Waals surface area (Å²) in [6.45, 7) is 2.55. The van der Waals surface area contributed by atoms with Crippen LogP contribution in [0.2, 0.25) is 0 Å². The van der Waals surface area contributed by atoms with E-state index in [1.54, 1.807) is 0 Å². The Morgan fingerprint density at radius 3 is 2.26 bits per heavy atom. The molecule has 1 unspecified atom stereocenters. The maximum atomic E-state index is 11.6. The fraction of sp³-hybridized carbons (Fsp3) is 0.750. The topological polar surface area (TPSA) is 116 Å². The van der Waals surface area contributed by atoms with Gasteiger partial charge in [-0.3, -0.25) is 4.79 Å². The van der Waals surface area contributed by atoms with Gasteiger partial charge in [-0.05, 0) is 24.7 Å². The van der Waals surface area contributed by atoms with Crippen LogP contribution in [0.5, 0.6) is 0 Å². The Hall–Kier alpha value is -1.79. The zero-order chi connectivity index (χ0) is 14.5. The van der Waals surface area contributed by atoms with Crippen molar-refractivity contribution in [3.63, 3.8) is 0 Å². The molecule has 7 heteroatoms. The fourth-order valence-electron chi connectivity index (χ4n) is 2.18. The van der Waals surface area contributed by atoms with Crippen LogP contribution in [0.15, 0.2) is 0 Å². The van der Waals surface area contributed by atoms with E-state index in [1.165, 1.54) is 0 Å². The molecule has 19 heavy (non-hydrogen) atoms. The third-order valence-corrected chi connectivity index (χ3v) is 3.77. The van der Waals surface area contributed by atoms with Gasteiger partial charge >= 0.3 is 18.0 Å². The molecule has 1 fully saturated rings. The molecule has 1 aliphatic rings. The van der Waals surface area contributed by atoms with Gasteiger partial charge in [0.25, 0.3) is 0 Å². The zero-order valence-electron chi connectivity index (χ0n) is 10.9. The number of aliphatic carboxylic acids is 2. The van der Waals surface area contributed by atoms with Gasteiger partial charge in [0.05, 0.1) is 6.42 Å². The van der Waals surface area contributed by atoms with E-state index in [0.717, 1.165) is 25.7 Å². The molecule has 1 atom stereocenters. The lowest BCUT2D eigenvalue weighted by Gasteiger charge is -2.41. The summed E-state index contributed by atoms with van der Waals surface area (Å²) in [5, 5.41) is 22.1. The van der Waals surface area contributed by atoms with Gasteiger partial charge in [0.1, 0.15) is 6.04 Å². The fourth-order valence-corrected chi connectivity index (χ4v) is 2.18. The molecule has 0 bridgehead atoms. The number of urea groups is 1. The molecule has 4 N–H and O–H groups in total. The van der Waals surface area contributed by atoms with Crippen molar-refractivity contribution in [1.82, 2.24) is 10.6 Å². The monoisotopic (exact) mass is 272 g/mol. The molecule has 0 aromatic carbocycles. The van der Waals surface area contributed by atoms with Gasteiger partial charge in [0, 0.05) is 6.54 Å². The molecular weight excluding hydrogens is 252 g/mol. The van der Waals surface area contributed by atoms with Gasteiger partial charge in [-0.25, -0.2) is 9.59 Å². The highest BCUT2D eigenvalue weighted by Crippen LogP contribution is 2.42. The summed E-state index contributed by atoms with van der Waals surface area (Å²) in [4.78, 5) is 32.8. The van der Waals surface area contributed by atoms with Crippen molar-refractivity contribution in [3.05, 3.63) is 0 Å². The number of carbonyl (C=O) groups is 3. The second-order valence-electron chi connectivity index (χ2n) is 5.02. The molecule has 0 aromatic rings. The molecule has 108 valence electrons. The summed E-state index contributed by atoms with van der Waals surface area (Å²) in [5.41, 5.74) is 0.128. The van der Waals surface area contributed by atoms with Gasteiger partial charge < -0.3 is 20.8 Å². The average Bonchev–Trinajstić information content (AvgIpc) is 2.26. The molecular formula is C12H20N2O5. The first-order valence-electron chi connectivity index (χ1n) is 6.37. The number of carboxylic acids is 2. The molecule has 0 aliphatic heterocycles. The Labute approximate surface area is 111 Å². The van der Waals surface area contributed by atoms with Crippen molar-refractivity contribution in [2.45, 2.75) is 45.1 Å². The average molecular weight is 272 g/mol. The summed E-state index contributed by atoms with van der Waals surface area (Å²) >= 11 is 0. The number of hydrogen-bond acceptors (Lipinski definition) is 3. The Morgan fingerprint density at radius 1 is 1.26 bits per heavy atom. The summed E-state index contributed by atoms with van der Waals surface area (Å²) < 4.78 is 0. The van der Waals surface area contributed by atoms with Crippen LogP contribution in [0.1, 0.15) is 39.0 Å². The minimum absolute atomic E-state index is 0.128. The molecule has 1 aliphatic carbocycles. The van der Waals surface area contributed by atoms with Crippen LogP contribution < -0.4 is 10.6 Å². The number of hydrogen-bond donors (Lipinski definition) is 4. The smallest absolute Gasteiger partial charge is 0.326 e. The van der Waals surface area contributed by atoms with Crippen molar-refractivity contribution >= 4 is 18.0 Å². The summed E-state index contributed by atoms with van der Waals surface area (Å²) in [7, 11) is 0. The minimum Gasteiger partial charge on any atom is -0.481 e. The molecule has 2 amide bonds. The maximum absolute atomic E-state index is 11.6. The van der Waals surface area contributed by atoms with E-state index < -0.39 is 30.4 Å². The molecule has 0 heterocycles. The number of carbonyl (C=O) groups excluding carboxylic acids is 1. The van der Waals surface area contributed by atoms with Gasteiger partial charge in [-0.15, -0.1) is 0 Å². The molecule has 1 saturated carbocycles. The van der Waals surface area contributed by atoms with E-state index in [1.807, 2.05) is 0 Å². The van der Waals surface area contributed by atoms with E-state index in [0.29, 0.717) is 6.54 Å². The van der Waals surface area contributed by atoms with Crippen LogP contribution >= 0.6 is 0 Å². The standard InChI is InChI=1S/C12H20N2O5/c1-2-12(4-3-5-12)7-13-11(19)14-8(10(17)18)6-9(15)16/h8H,2-7H2,1H3,(H,15,16)(H,17,18)(H2,13,14,19). The third kappa shape index (κ3) is 4.42.